The Morgan fingerprint density at radius 2 is 2.21 bits per heavy atom. The second-order valence-electron chi connectivity index (χ2n) is 4.36. The maximum atomic E-state index is 11.5. The van der Waals surface area contributed by atoms with Gasteiger partial charge in [0.1, 0.15) is 6.54 Å². The highest BCUT2D eigenvalue weighted by atomic mass is 16.4. The van der Waals surface area contributed by atoms with E-state index in [1.165, 1.54) is 17.1 Å². The van der Waals surface area contributed by atoms with Crippen LogP contribution < -0.4 is 10.6 Å². The molecule has 0 aliphatic carbocycles. The van der Waals surface area contributed by atoms with Gasteiger partial charge in [-0.15, -0.1) is 0 Å². The first-order valence-corrected chi connectivity index (χ1v) is 5.91. The first-order valence-electron chi connectivity index (χ1n) is 5.91. The summed E-state index contributed by atoms with van der Waals surface area (Å²) >= 11 is 0. The van der Waals surface area contributed by atoms with Crippen LogP contribution in [0.1, 0.15) is 6.42 Å². The number of rotatable bonds is 7. The second kappa shape index (κ2) is 7.37. The molecule has 0 saturated carbocycles. The largest absolute Gasteiger partial charge is 0.480 e. The average molecular weight is 269 g/mol. The van der Waals surface area contributed by atoms with Gasteiger partial charge in [0.25, 0.3) is 0 Å². The third-order valence-corrected chi connectivity index (χ3v) is 2.26. The summed E-state index contributed by atoms with van der Waals surface area (Å²) < 4.78 is 1.24. The summed E-state index contributed by atoms with van der Waals surface area (Å²) in [5.74, 6) is -0.984. The van der Waals surface area contributed by atoms with Crippen molar-refractivity contribution >= 4 is 17.7 Å². The number of carbonyl (C=O) groups is 2. The first kappa shape index (κ1) is 15.0. The van der Waals surface area contributed by atoms with Gasteiger partial charge in [0.15, 0.2) is 0 Å². The molecule has 2 amide bonds. The summed E-state index contributed by atoms with van der Waals surface area (Å²) in [5, 5.41) is 17.7. The van der Waals surface area contributed by atoms with E-state index < -0.39 is 5.97 Å². The number of amides is 2. The third-order valence-electron chi connectivity index (χ3n) is 2.26. The quantitative estimate of drug-likeness (QED) is 0.607. The topological polar surface area (TPSA) is 99.5 Å². The number of nitrogens with one attached hydrogen (secondary N) is 2. The molecule has 8 nitrogen and oxygen atoms in total. The molecule has 1 aromatic heterocycles. The number of carbonyl (C=O) groups excluding carboxylic acids is 1. The molecular formula is C11H19N5O3. The Bertz CT molecular complexity index is 430. The Morgan fingerprint density at radius 3 is 2.84 bits per heavy atom. The van der Waals surface area contributed by atoms with Crippen molar-refractivity contribution in [2.75, 3.05) is 32.5 Å². The maximum absolute atomic E-state index is 11.5. The summed E-state index contributed by atoms with van der Waals surface area (Å²) in [4.78, 5) is 24.0. The fraction of sp³-hybridized carbons (Fsp3) is 0.545. The fourth-order valence-electron chi connectivity index (χ4n) is 1.43. The zero-order chi connectivity index (χ0) is 14.3. The van der Waals surface area contributed by atoms with Crippen LogP contribution in [0.5, 0.6) is 0 Å². The lowest BCUT2D eigenvalue weighted by Gasteiger charge is -2.09. The van der Waals surface area contributed by atoms with Crippen molar-refractivity contribution in [1.29, 1.82) is 0 Å². The van der Waals surface area contributed by atoms with Crippen LogP contribution in [0.4, 0.5) is 10.5 Å². The van der Waals surface area contributed by atoms with E-state index in [1.807, 2.05) is 19.0 Å². The van der Waals surface area contributed by atoms with E-state index in [-0.39, 0.29) is 12.6 Å². The van der Waals surface area contributed by atoms with Crippen LogP contribution in [0.15, 0.2) is 12.4 Å². The van der Waals surface area contributed by atoms with Gasteiger partial charge in [0, 0.05) is 12.7 Å². The van der Waals surface area contributed by atoms with Crippen LogP contribution >= 0.6 is 0 Å². The van der Waals surface area contributed by atoms with Gasteiger partial charge in [-0.05, 0) is 27.1 Å². The van der Waals surface area contributed by atoms with Gasteiger partial charge in [-0.25, -0.2) is 4.79 Å². The SMILES string of the molecule is CN(C)CCCNC(=O)Nc1cnn(CC(=O)O)c1. The summed E-state index contributed by atoms with van der Waals surface area (Å²) in [5.41, 5.74) is 0.464. The van der Waals surface area contributed by atoms with Crippen LogP contribution in [-0.4, -0.2) is 59.0 Å². The molecule has 1 aromatic rings. The molecule has 1 heterocycles. The highest BCUT2D eigenvalue weighted by Gasteiger charge is 2.05. The van der Waals surface area contributed by atoms with Crippen LogP contribution in [0.2, 0.25) is 0 Å². The number of nitrogens with zero attached hydrogens (tertiary/aromatic N) is 3. The highest BCUT2D eigenvalue weighted by molar-refractivity contribution is 5.88. The molecule has 106 valence electrons. The molecule has 0 aliphatic heterocycles. The molecule has 0 fully saturated rings. The number of hydrogen-bond donors (Lipinski definition) is 3. The van der Waals surface area contributed by atoms with E-state index in [2.05, 4.69) is 15.7 Å². The lowest BCUT2D eigenvalue weighted by Crippen LogP contribution is -2.31. The number of carboxylic acid groups (broad SMARTS) is 1. The van der Waals surface area contributed by atoms with Gasteiger partial charge in [0.05, 0.1) is 11.9 Å². The number of urea groups is 1. The molecule has 8 heteroatoms. The Balaban J connectivity index is 2.28. The van der Waals surface area contributed by atoms with E-state index in [4.69, 9.17) is 5.11 Å². The number of aromatic nitrogens is 2. The molecule has 0 spiro atoms. The summed E-state index contributed by atoms with van der Waals surface area (Å²) in [6.45, 7) is 1.25. The van der Waals surface area contributed by atoms with E-state index in [0.717, 1.165) is 13.0 Å². The van der Waals surface area contributed by atoms with Crippen molar-refractivity contribution < 1.29 is 14.7 Å². The minimum atomic E-state index is -0.984. The molecule has 0 radical (unpaired) electrons. The molecule has 0 saturated heterocycles. The zero-order valence-corrected chi connectivity index (χ0v) is 11.1. The number of carboxylic acids is 1. The van der Waals surface area contributed by atoms with Gasteiger partial charge in [-0.3, -0.25) is 9.48 Å². The van der Waals surface area contributed by atoms with Gasteiger partial charge in [0.2, 0.25) is 0 Å². The fourth-order valence-corrected chi connectivity index (χ4v) is 1.43. The van der Waals surface area contributed by atoms with Gasteiger partial charge in [-0.1, -0.05) is 0 Å². The van der Waals surface area contributed by atoms with Crippen LogP contribution in [0, 0.1) is 0 Å². The van der Waals surface area contributed by atoms with Crippen LogP contribution in [0.3, 0.4) is 0 Å². The summed E-state index contributed by atoms with van der Waals surface area (Å²) in [6.07, 6.45) is 3.73. The second-order valence-corrected chi connectivity index (χ2v) is 4.36. The predicted molar refractivity (Wildman–Crippen MR) is 70.1 cm³/mol. The van der Waals surface area contributed by atoms with Crippen molar-refractivity contribution in [1.82, 2.24) is 20.0 Å². The molecule has 0 aromatic carbocycles. The smallest absolute Gasteiger partial charge is 0.325 e. The monoisotopic (exact) mass is 269 g/mol. The molecule has 1 rings (SSSR count). The van der Waals surface area contributed by atoms with E-state index in [0.29, 0.717) is 12.2 Å². The van der Waals surface area contributed by atoms with Crippen LogP contribution in [0.25, 0.3) is 0 Å². The standard InChI is InChI=1S/C11H19N5O3/c1-15(2)5-3-4-12-11(19)14-9-6-13-16(7-9)8-10(17)18/h6-7H,3-5,8H2,1-2H3,(H,17,18)(H2,12,14,19). The molecule has 0 unspecified atom stereocenters. The predicted octanol–water partition coefficient (Wildman–Crippen LogP) is 0.0409. The van der Waals surface area contributed by atoms with Crippen molar-refractivity contribution in [2.24, 2.45) is 0 Å². The van der Waals surface area contributed by atoms with Crippen molar-refractivity contribution in [3.63, 3.8) is 0 Å². The Morgan fingerprint density at radius 1 is 1.47 bits per heavy atom. The minimum Gasteiger partial charge on any atom is -0.480 e. The van der Waals surface area contributed by atoms with Gasteiger partial charge in [-0.2, -0.15) is 5.10 Å². The number of anilines is 1. The van der Waals surface area contributed by atoms with Crippen molar-refractivity contribution in [2.45, 2.75) is 13.0 Å². The minimum absolute atomic E-state index is 0.230. The molecule has 0 atom stereocenters. The molecule has 0 bridgehead atoms. The summed E-state index contributed by atoms with van der Waals surface area (Å²) in [7, 11) is 3.94. The molecule has 19 heavy (non-hydrogen) atoms. The van der Waals surface area contributed by atoms with E-state index >= 15 is 0 Å². The summed E-state index contributed by atoms with van der Waals surface area (Å²) in [6, 6.07) is -0.325. The third kappa shape index (κ3) is 6.41. The zero-order valence-electron chi connectivity index (χ0n) is 11.1. The Labute approximate surface area is 111 Å². The van der Waals surface area contributed by atoms with E-state index in [9.17, 15) is 9.59 Å². The maximum Gasteiger partial charge on any atom is 0.325 e. The van der Waals surface area contributed by atoms with Crippen LogP contribution in [-0.2, 0) is 11.3 Å². The van der Waals surface area contributed by atoms with Crippen molar-refractivity contribution in [3.8, 4) is 0 Å². The van der Waals surface area contributed by atoms with Gasteiger partial charge >= 0.3 is 12.0 Å². The first-order chi connectivity index (χ1) is 8.97. The highest BCUT2D eigenvalue weighted by Crippen LogP contribution is 2.04. The van der Waals surface area contributed by atoms with Crippen molar-refractivity contribution in [3.05, 3.63) is 12.4 Å². The Hall–Kier alpha value is -2.09. The molecular weight excluding hydrogens is 250 g/mol. The van der Waals surface area contributed by atoms with Gasteiger partial charge < -0.3 is 20.6 Å². The molecule has 0 aliphatic rings. The Kier molecular flexibility index (Phi) is 5.80. The normalized spacial score (nSPS) is 10.5. The lowest BCUT2D eigenvalue weighted by molar-refractivity contribution is -0.137. The average Bonchev–Trinajstić information content (AvgIpc) is 2.70. The number of hydrogen-bond acceptors (Lipinski definition) is 4. The lowest BCUT2D eigenvalue weighted by atomic mass is 10.4. The number of aliphatic carboxylic acids is 1. The van der Waals surface area contributed by atoms with E-state index in [1.54, 1.807) is 0 Å². The molecule has 3 N–H and O–H groups in total.